The van der Waals surface area contributed by atoms with Gasteiger partial charge in [0.1, 0.15) is 11.1 Å². The molecule has 9 heteroatoms. The molecule has 29 heavy (non-hydrogen) atoms. The molecule has 0 fully saturated rings. The van der Waals surface area contributed by atoms with Crippen LogP contribution in [0, 0.1) is 5.41 Å². The highest BCUT2D eigenvalue weighted by Gasteiger charge is 2.35. The highest BCUT2D eigenvalue weighted by molar-refractivity contribution is 5.96. The summed E-state index contributed by atoms with van der Waals surface area (Å²) in [6, 6.07) is 5.76. The first-order valence-corrected chi connectivity index (χ1v) is 9.02. The number of ether oxygens (including phenoxy) is 1. The van der Waals surface area contributed by atoms with Crippen molar-refractivity contribution in [1.29, 1.82) is 0 Å². The van der Waals surface area contributed by atoms with Crippen molar-refractivity contribution in [3.05, 3.63) is 46.2 Å². The number of carbonyl (C=O) groups is 1. The Balaban J connectivity index is 2.04. The molecule has 7 nitrogen and oxygen atoms in total. The second-order valence-corrected chi connectivity index (χ2v) is 8.09. The molecule has 0 spiro atoms. The Morgan fingerprint density at radius 3 is 2.69 bits per heavy atom. The number of halogens is 2. The molecule has 152 valence electrons. The van der Waals surface area contributed by atoms with E-state index in [1.165, 1.54) is 18.3 Å². The molecule has 0 saturated heterocycles. The van der Waals surface area contributed by atoms with E-state index in [0.717, 1.165) is 0 Å². The van der Waals surface area contributed by atoms with Crippen LogP contribution in [0.5, 0.6) is 5.75 Å². The van der Waals surface area contributed by atoms with Gasteiger partial charge in [-0.3, -0.25) is 9.48 Å². The molecule has 2 aromatic heterocycles. The smallest absolute Gasteiger partial charge is 0.387 e. The van der Waals surface area contributed by atoms with E-state index >= 15 is 0 Å². The maximum atomic E-state index is 12.8. The summed E-state index contributed by atoms with van der Waals surface area (Å²) in [4.78, 5) is 23.9. The van der Waals surface area contributed by atoms with Crippen LogP contribution >= 0.6 is 0 Å². The molecule has 1 atom stereocenters. The van der Waals surface area contributed by atoms with Crippen molar-refractivity contribution < 1.29 is 23.4 Å². The largest absolute Gasteiger partial charge is 0.477 e. The Labute approximate surface area is 164 Å². The van der Waals surface area contributed by atoms with Gasteiger partial charge in [-0.1, -0.05) is 32.9 Å². The number of nitrogens with zero attached hydrogens (tertiary/aromatic N) is 3. The molecular formula is C20H19F2N3O4. The Kier molecular flexibility index (Phi) is 4.21. The lowest BCUT2D eigenvalue weighted by atomic mass is 9.85. The molecular weight excluding hydrogens is 384 g/mol. The lowest BCUT2D eigenvalue weighted by molar-refractivity contribution is -0.0489. The number of carboxylic acid groups (broad SMARTS) is 1. The summed E-state index contributed by atoms with van der Waals surface area (Å²) in [6.07, 6.45) is 1.36. The zero-order valence-electron chi connectivity index (χ0n) is 16.0. The van der Waals surface area contributed by atoms with Gasteiger partial charge in [0.05, 0.1) is 24.0 Å². The number of alkyl halides is 2. The third-order valence-electron chi connectivity index (χ3n) is 5.18. The summed E-state index contributed by atoms with van der Waals surface area (Å²) in [5, 5.41) is 14.4. The minimum atomic E-state index is -2.99. The van der Waals surface area contributed by atoms with E-state index in [1.54, 1.807) is 21.4 Å². The second-order valence-electron chi connectivity index (χ2n) is 8.09. The summed E-state index contributed by atoms with van der Waals surface area (Å²) in [7, 11) is 0. The first-order chi connectivity index (χ1) is 13.6. The number of carboxylic acids is 1. The Hall–Kier alpha value is -3.23. The van der Waals surface area contributed by atoms with Crippen LogP contribution < -0.4 is 10.2 Å². The van der Waals surface area contributed by atoms with Crippen molar-refractivity contribution in [2.75, 3.05) is 0 Å². The third-order valence-corrected chi connectivity index (χ3v) is 5.18. The average Bonchev–Trinajstić information content (AvgIpc) is 2.99. The second kappa shape index (κ2) is 6.40. The Morgan fingerprint density at radius 2 is 2.07 bits per heavy atom. The molecule has 1 aliphatic rings. The number of aromatic carboxylic acids is 1. The van der Waals surface area contributed by atoms with Crippen molar-refractivity contribution in [2.24, 2.45) is 5.41 Å². The Morgan fingerprint density at radius 1 is 1.34 bits per heavy atom. The van der Waals surface area contributed by atoms with Crippen LogP contribution in [-0.4, -0.2) is 32.0 Å². The molecule has 0 bridgehead atoms. The fraction of sp³-hybridized carbons (Fsp3) is 0.350. The summed E-state index contributed by atoms with van der Waals surface area (Å²) in [5.74, 6) is -1.35. The summed E-state index contributed by atoms with van der Waals surface area (Å²) < 4.78 is 33.7. The SMILES string of the molecule is CC(C)(C)C1Cn2nc3c(OC(F)F)cccc3c2-c2cc(=O)c(C(=O)O)cn21. The minimum absolute atomic E-state index is 0.0530. The van der Waals surface area contributed by atoms with E-state index < -0.39 is 18.0 Å². The minimum Gasteiger partial charge on any atom is -0.477 e. The van der Waals surface area contributed by atoms with Crippen molar-refractivity contribution in [1.82, 2.24) is 14.3 Å². The van der Waals surface area contributed by atoms with Gasteiger partial charge in [-0.2, -0.15) is 13.9 Å². The molecule has 4 rings (SSSR count). The topological polar surface area (TPSA) is 86.3 Å². The number of aromatic nitrogens is 3. The van der Waals surface area contributed by atoms with Crippen LogP contribution in [-0.2, 0) is 6.54 Å². The van der Waals surface area contributed by atoms with Gasteiger partial charge < -0.3 is 14.4 Å². The van der Waals surface area contributed by atoms with E-state index in [2.05, 4.69) is 9.84 Å². The lowest BCUT2D eigenvalue weighted by Gasteiger charge is -2.38. The number of hydrogen-bond acceptors (Lipinski definition) is 4. The fourth-order valence-corrected chi connectivity index (χ4v) is 3.82. The number of fused-ring (bicyclic) bond motifs is 5. The Bertz CT molecular complexity index is 1190. The third kappa shape index (κ3) is 3.06. The number of hydrogen-bond donors (Lipinski definition) is 1. The summed E-state index contributed by atoms with van der Waals surface area (Å²) >= 11 is 0. The van der Waals surface area contributed by atoms with Gasteiger partial charge in [-0.15, -0.1) is 0 Å². The zero-order chi connectivity index (χ0) is 21.1. The molecule has 0 aliphatic carbocycles. The monoisotopic (exact) mass is 403 g/mol. The predicted molar refractivity (Wildman–Crippen MR) is 102 cm³/mol. The molecule has 1 N–H and O–H groups in total. The van der Waals surface area contributed by atoms with Crippen LogP contribution in [0.15, 0.2) is 35.3 Å². The van der Waals surface area contributed by atoms with Gasteiger partial charge in [0.25, 0.3) is 0 Å². The van der Waals surface area contributed by atoms with Gasteiger partial charge in [-0.25, -0.2) is 4.79 Å². The van der Waals surface area contributed by atoms with Crippen molar-refractivity contribution in [2.45, 2.75) is 40.0 Å². The highest BCUT2D eigenvalue weighted by Crippen LogP contribution is 2.43. The lowest BCUT2D eigenvalue weighted by Crippen LogP contribution is -2.35. The molecule has 0 radical (unpaired) electrons. The maximum absolute atomic E-state index is 12.8. The summed E-state index contributed by atoms with van der Waals surface area (Å²) in [6.45, 7) is 3.39. The normalized spacial score (nSPS) is 16.0. The van der Waals surface area contributed by atoms with Crippen LogP contribution in [0.2, 0.25) is 0 Å². The molecule has 3 aromatic rings. The molecule has 1 aliphatic heterocycles. The standard InChI is InChI=1S/C20H19F2N3O4/c1-20(2,3)15-9-25-17(12-7-13(26)11(18(27)28)8-24(12)15)10-5-4-6-14(16(10)23-25)29-19(21)22/h4-8,15,19H,9H2,1-3H3,(H,27,28). The van der Waals surface area contributed by atoms with E-state index in [-0.39, 0.29) is 28.3 Å². The van der Waals surface area contributed by atoms with Crippen LogP contribution in [0.1, 0.15) is 37.2 Å². The average molecular weight is 403 g/mol. The predicted octanol–water partition coefficient (Wildman–Crippen LogP) is 3.77. The number of benzene rings is 1. The fourth-order valence-electron chi connectivity index (χ4n) is 3.82. The number of rotatable bonds is 3. The van der Waals surface area contributed by atoms with Crippen molar-refractivity contribution in [3.63, 3.8) is 0 Å². The maximum Gasteiger partial charge on any atom is 0.387 e. The molecule has 1 aromatic carbocycles. The summed E-state index contributed by atoms with van der Waals surface area (Å²) in [5.41, 5.74) is 0.0783. The van der Waals surface area contributed by atoms with Crippen LogP contribution in [0.4, 0.5) is 8.78 Å². The molecule has 0 saturated carbocycles. The molecule has 1 unspecified atom stereocenters. The highest BCUT2D eigenvalue weighted by atomic mass is 19.3. The van der Waals surface area contributed by atoms with Crippen molar-refractivity contribution >= 4 is 16.9 Å². The molecule has 0 amide bonds. The first-order valence-electron chi connectivity index (χ1n) is 9.02. The van der Waals surface area contributed by atoms with E-state index in [4.69, 9.17) is 0 Å². The van der Waals surface area contributed by atoms with Crippen LogP contribution in [0.3, 0.4) is 0 Å². The van der Waals surface area contributed by atoms with Gasteiger partial charge >= 0.3 is 12.6 Å². The first kappa shape index (κ1) is 19.1. The van der Waals surface area contributed by atoms with E-state index in [0.29, 0.717) is 23.3 Å². The zero-order valence-corrected chi connectivity index (χ0v) is 16.0. The van der Waals surface area contributed by atoms with Crippen molar-refractivity contribution in [3.8, 4) is 17.1 Å². The van der Waals surface area contributed by atoms with Crippen LogP contribution in [0.25, 0.3) is 22.3 Å². The van der Waals surface area contributed by atoms with E-state index in [1.807, 2.05) is 20.8 Å². The van der Waals surface area contributed by atoms with Gasteiger partial charge in [0.15, 0.2) is 11.2 Å². The van der Waals surface area contributed by atoms with Gasteiger partial charge in [0.2, 0.25) is 0 Å². The van der Waals surface area contributed by atoms with Gasteiger partial charge in [0, 0.05) is 17.6 Å². The van der Waals surface area contributed by atoms with Gasteiger partial charge in [-0.05, 0) is 11.5 Å². The quantitative estimate of drug-likeness (QED) is 0.720. The van der Waals surface area contributed by atoms with E-state index in [9.17, 15) is 23.5 Å². The number of pyridine rings is 1. The molecule has 3 heterocycles.